The number of benzene rings is 2. The molecule has 0 fully saturated rings. The van der Waals surface area contributed by atoms with Crippen LogP contribution in [0, 0.1) is 17.0 Å². The Morgan fingerprint density at radius 1 is 1.18 bits per heavy atom. The Balaban J connectivity index is 2.09. The molecule has 0 saturated heterocycles. The summed E-state index contributed by atoms with van der Waals surface area (Å²) in [7, 11) is 0. The highest BCUT2D eigenvalue weighted by Gasteiger charge is 2.08. The van der Waals surface area contributed by atoms with Crippen LogP contribution >= 0.6 is 12.2 Å². The first-order valence-electron chi connectivity index (χ1n) is 6.92. The summed E-state index contributed by atoms with van der Waals surface area (Å²) >= 11 is 5.31. The van der Waals surface area contributed by atoms with Crippen LogP contribution in [0.4, 0.5) is 17.1 Å². The second kappa shape index (κ2) is 7.00. The number of nitrogens with one attached hydrogen (secondary N) is 2. The van der Waals surface area contributed by atoms with Crippen molar-refractivity contribution >= 4 is 34.4 Å². The Morgan fingerprint density at radius 2 is 1.86 bits per heavy atom. The van der Waals surface area contributed by atoms with E-state index in [0.717, 1.165) is 17.7 Å². The maximum Gasteiger partial charge on any atom is 0.269 e. The van der Waals surface area contributed by atoms with E-state index in [1.54, 1.807) is 12.1 Å². The number of anilines is 2. The van der Waals surface area contributed by atoms with Crippen molar-refractivity contribution in [3.8, 4) is 0 Å². The van der Waals surface area contributed by atoms with Gasteiger partial charge in [0.05, 0.1) is 4.92 Å². The zero-order chi connectivity index (χ0) is 16.1. The topological polar surface area (TPSA) is 67.2 Å². The molecule has 0 aliphatic carbocycles. The molecule has 0 bridgehead atoms. The predicted octanol–water partition coefficient (Wildman–Crippen LogP) is 4.27. The Hall–Kier alpha value is -2.47. The fourth-order valence-electron chi connectivity index (χ4n) is 2.14. The quantitative estimate of drug-likeness (QED) is 0.501. The summed E-state index contributed by atoms with van der Waals surface area (Å²) in [5.74, 6) is 0. The minimum atomic E-state index is -0.429. The van der Waals surface area contributed by atoms with E-state index in [9.17, 15) is 10.1 Å². The third-order valence-electron chi connectivity index (χ3n) is 3.31. The third kappa shape index (κ3) is 3.79. The van der Waals surface area contributed by atoms with Crippen molar-refractivity contribution in [3.63, 3.8) is 0 Å². The van der Waals surface area contributed by atoms with Crippen LogP contribution in [0.2, 0.25) is 0 Å². The minimum Gasteiger partial charge on any atom is -0.332 e. The SMILES string of the molecule is CCc1cccc(C)c1NC(=S)Nc1ccc([N+](=O)[O-])cc1. The smallest absolute Gasteiger partial charge is 0.269 e. The second-order valence-electron chi connectivity index (χ2n) is 4.85. The largest absolute Gasteiger partial charge is 0.332 e. The highest BCUT2D eigenvalue weighted by Crippen LogP contribution is 2.22. The molecule has 22 heavy (non-hydrogen) atoms. The van der Waals surface area contributed by atoms with E-state index in [-0.39, 0.29) is 5.69 Å². The predicted molar refractivity (Wildman–Crippen MR) is 93.5 cm³/mol. The number of nitrogens with zero attached hydrogens (tertiary/aromatic N) is 1. The molecular weight excluding hydrogens is 298 g/mol. The van der Waals surface area contributed by atoms with Gasteiger partial charge in [0.1, 0.15) is 0 Å². The van der Waals surface area contributed by atoms with Gasteiger partial charge in [0.2, 0.25) is 0 Å². The average molecular weight is 315 g/mol. The fraction of sp³-hybridized carbons (Fsp3) is 0.188. The molecule has 2 rings (SSSR count). The first-order valence-corrected chi connectivity index (χ1v) is 7.33. The second-order valence-corrected chi connectivity index (χ2v) is 5.25. The monoisotopic (exact) mass is 315 g/mol. The summed E-state index contributed by atoms with van der Waals surface area (Å²) in [6, 6.07) is 12.2. The van der Waals surface area contributed by atoms with Gasteiger partial charge in [-0.1, -0.05) is 25.1 Å². The molecule has 0 radical (unpaired) electrons. The van der Waals surface area contributed by atoms with Crippen molar-refractivity contribution in [1.82, 2.24) is 0 Å². The van der Waals surface area contributed by atoms with E-state index in [1.165, 1.54) is 17.7 Å². The summed E-state index contributed by atoms with van der Waals surface area (Å²) in [6.45, 7) is 4.11. The van der Waals surface area contributed by atoms with Crippen molar-refractivity contribution < 1.29 is 4.92 Å². The van der Waals surface area contributed by atoms with Crippen LogP contribution in [0.3, 0.4) is 0 Å². The summed E-state index contributed by atoms with van der Waals surface area (Å²) in [5, 5.41) is 17.3. The van der Waals surface area contributed by atoms with Crippen molar-refractivity contribution in [2.45, 2.75) is 20.3 Å². The number of aryl methyl sites for hydroxylation is 2. The summed E-state index contributed by atoms with van der Waals surface area (Å²) < 4.78 is 0. The molecule has 5 nitrogen and oxygen atoms in total. The number of para-hydroxylation sites is 1. The highest BCUT2D eigenvalue weighted by molar-refractivity contribution is 7.80. The van der Waals surface area contributed by atoms with Crippen LogP contribution < -0.4 is 10.6 Å². The van der Waals surface area contributed by atoms with Crippen LogP contribution in [0.1, 0.15) is 18.1 Å². The van der Waals surface area contributed by atoms with Gasteiger partial charge < -0.3 is 10.6 Å². The standard InChI is InChI=1S/C16H17N3O2S/c1-3-12-6-4-5-11(2)15(12)18-16(22)17-13-7-9-14(10-8-13)19(20)21/h4-10H,3H2,1-2H3,(H2,17,18,22). The van der Waals surface area contributed by atoms with Gasteiger partial charge in [0.25, 0.3) is 5.69 Å². The Bertz CT molecular complexity index is 699. The number of thiocarbonyl (C=S) groups is 1. The van der Waals surface area contributed by atoms with Crippen LogP contribution in [-0.2, 0) is 6.42 Å². The molecule has 6 heteroatoms. The summed E-state index contributed by atoms with van der Waals surface area (Å²) in [5.41, 5.74) is 4.07. The number of hydrogen-bond acceptors (Lipinski definition) is 3. The van der Waals surface area contributed by atoms with Crippen molar-refractivity contribution in [1.29, 1.82) is 0 Å². The van der Waals surface area contributed by atoms with Gasteiger partial charge in [-0.2, -0.15) is 0 Å². The number of nitro benzene ring substituents is 1. The Morgan fingerprint density at radius 3 is 2.45 bits per heavy atom. The molecule has 0 unspecified atom stereocenters. The number of non-ortho nitro benzene ring substituents is 1. The normalized spacial score (nSPS) is 10.1. The molecule has 0 aliphatic rings. The fourth-order valence-corrected chi connectivity index (χ4v) is 2.36. The van der Waals surface area contributed by atoms with E-state index in [0.29, 0.717) is 10.8 Å². The van der Waals surface area contributed by atoms with Crippen LogP contribution in [-0.4, -0.2) is 10.0 Å². The minimum absolute atomic E-state index is 0.0524. The lowest BCUT2D eigenvalue weighted by atomic mass is 10.1. The lowest BCUT2D eigenvalue weighted by molar-refractivity contribution is -0.384. The zero-order valence-electron chi connectivity index (χ0n) is 12.4. The van der Waals surface area contributed by atoms with E-state index in [1.807, 2.05) is 19.1 Å². The molecule has 114 valence electrons. The Labute approximate surface area is 134 Å². The number of rotatable bonds is 4. The van der Waals surface area contributed by atoms with Crippen molar-refractivity contribution in [2.75, 3.05) is 10.6 Å². The molecular formula is C16H17N3O2S. The first kappa shape index (κ1) is 15.9. The van der Waals surface area contributed by atoms with Gasteiger partial charge in [-0.3, -0.25) is 10.1 Å². The van der Waals surface area contributed by atoms with Gasteiger partial charge in [0.15, 0.2) is 5.11 Å². The van der Waals surface area contributed by atoms with Crippen molar-refractivity contribution in [3.05, 3.63) is 63.7 Å². The van der Waals surface area contributed by atoms with Gasteiger partial charge in [-0.25, -0.2) is 0 Å². The van der Waals surface area contributed by atoms with Crippen LogP contribution in [0.25, 0.3) is 0 Å². The number of nitro groups is 1. The molecule has 0 atom stereocenters. The van der Waals surface area contributed by atoms with E-state index in [2.05, 4.69) is 23.6 Å². The molecule has 2 aromatic carbocycles. The van der Waals surface area contributed by atoms with E-state index >= 15 is 0 Å². The lowest BCUT2D eigenvalue weighted by Gasteiger charge is -2.15. The van der Waals surface area contributed by atoms with E-state index in [4.69, 9.17) is 12.2 Å². The van der Waals surface area contributed by atoms with Crippen molar-refractivity contribution in [2.24, 2.45) is 0 Å². The molecule has 2 N–H and O–H groups in total. The van der Waals surface area contributed by atoms with Crippen LogP contribution in [0.15, 0.2) is 42.5 Å². The summed E-state index contributed by atoms with van der Waals surface area (Å²) in [4.78, 5) is 10.2. The third-order valence-corrected chi connectivity index (χ3v) is 3.52. The molecule has 0 amide bonds. The maximum atomic E-state index is 10.6. The molecule has 0 heterocycles. The molecule has 2 aromatic rings. The average Bonchev–Trinajstić information content (AvgIpc) is 2.49. The van der Waals surface area contributed by atoms with Crippen LogP contribution in [0.5, 0.6) is 0 Å². The summed E-state index contributed by atoms with van der Waals surface area (Å²) in [6.07, 6.45) is 0.907. The van der Waals surface area contributed by atoms with Gasteiger partial charge >= 0.3 is 0 Å². The van der Waals surface area contributed by atoms with Gasteiger partial charge in [0, 0.05) is 23.5 Å². The number of hydrogen-bond donors (Lipinski definition) is 2. The zero-order valence-corrected chi connectivity index (χ0v) is 13.2. The maximum absolute atomic E-state index is 10.6. The molecule has 0 spiro atoms. The highest BCUT2D eigenvalue weighted by atomic mass is 32.1. The van der Waals surface area contributed by atoms with E-state index < -0.39 is 4.92 Å². The molecule has 0 aliphatic heterocycles. The lowest BCUT2D eigenvalue weighted by Crippen LogP contribution is -2.20. The molecule has 0 saturated carbocycles. The Kier molecular flexibility index (Phi) is 5.06. The first-order chi connectivity index (χ1) is 10.5. The molecule has 0 aromatic heterocycles. The van der Waals surface area contributed by atoms with Gasteiger partial charge in [-0.15, -0.1) is 0 Å². The van der Waals surface area contributed by atoms with Gasteiger partial charge in [-0.05, 0) is 48.8 Å².